The summed E-state index contributed by atoms with van der Waals surface area (Å²) in [6, 6.07) is 0. The molecule has 0 spiro atoms. The molecule has 1 N–H and O–H groups in total. The van der Waals surface area contributed by atoms with E-state index in [4.69, 9.17) is 4.74 Å². The van der Waals surface area contributed by atoms with Gasteiger partial charge >= 0.3 is 0 Å². The van der Waals surface area contributed by atoms with Crippen molar-refractivity contribution < 1.29 is 14.3 Å². The van der Waals surface area contributed by atoms with Gasteiger partial charge in [0.25, 0.3) is 0 Å². The lowest BCUT2D eigenvalue weighted by Gasteiger charge is -2.34. The highest BCUT2D eigenvalue weighted by atomic mass is 16.5. The van der Waals surface area contributed by atoms with Crippen LogP contribution in [0, 0.1) is 0 Å². The molecule has 1 unspecified atom stereocenters. The normalized spacial score (nSPS) is 19.7. The van der Waals surface area contributed by atoms with Crippen molar-refractivity contribution in [1.29, 1.82) is 0 Å². The molecule has 0 aromatic carbocycles. The standard InChI is InChI=1S/C13H24N2O3/c1-10(16)15(13(2,3)4)9-12(17)14-8-11-6-5-7-18-11/h11H,5-9H2,1-4H3,(H,14,17). The Bertz CT molecular complexity index is 304. The topological polar surface area (TPSA) is 58.6 Å². The molecule has 1 aliphatic heterocycles. The van der Waals surface area contributed by atoms with Crippen LogP contribution in [0.2, 0.25) is 0 Å². The number of ether oxygens (including phenoxy) is 1. The fourth-order valence-corrected chi connectivity index (χ4v) is 2.05. The molecule has 1 atom stereocenters. The van der Waals surface area contributed by atoms with Gasteiger partial charge in [0, 0.05) is 25.6 Å². The zero-order valence-electron chi connectivity index (χ0n) is 11.8. The van der Waals surface area contributed by atoms with Crippen molar-refractivity contribution in [2.45, 2.75) is 52.2 Å². The Kier molecular flexibility index (Phi) is 5.14. The van der Waals surface area contributed by atoms with Crippen LogP contribution in [-0.2, 0) is 14.3 Å². The van der Waals surface area contributed by atoms with Crippen molar-refractivity contribution in [2.24, 2.45) is 0 Å². The van der Waals surface area contributed by atoms with E-state index in [-0.39, 0.29) is 30.0 Å². The molecule has 1 heterocycles. The first kappa shape index (κ1) is 15.0. The zero-order valence-corrected chi connectivity index (χ0v) is 11.8. The van der Waals surface area contributed by atoms with E-state index in [0.29, 0.717) is 6.54 Å². The third-order valence-electron chi connectivity index (χ3n) is 3.04. The third-order valence-corrected chi connectivity index (χ3v) is 3.04. The minimum atomic E-state index is -0.340. The Morgan fingerprint density at radius 2 is 2.06 bits per heavy atom. The summed E-state index contributed by atoms with van der Waals surface area (Å²) in [5, 5.41) is 2.82. The molecule has 1 aliphatic rings. The number of nitrogens with one attached hydrogen (secondary N) is 1. The van der Waals surface area contributed by atoms with E-state index in [0.717, 1.165) is 19.4 Å². The molecule has 0 bridgehead atoms. The average Bonchev–Trinajstić information content (AvgIpc) is 2.73. The molecule has 1 fully saturated rings. The Balaban J connectivity index is 2.39. The van der Waals surface area contributed by atoms with Gasteiger partial charge in [0.05, 0.1) is 6.10 Å². The van der Waals surface area contributed by atoms with Gasteiger partial charge < -0.3 is 15.0 Å². The number of carbonyl (C=O) groups is 2. The molecule has 5 nitrogen and oxygen atoms in total. The van der Waals surface area contributed by atoms with Crippen molar-refractivity contribution in [3.05, 3.63) is 0 Å². The predicted octanol–water partition coefficient (Wildman–Crippen LogP) is 0.929. The van der Waals surface area contributed by atoms with E-state index in [9.17, 15) is 9.59 Å². The summed E-state index contributed by atoms with van der Waals surface area (Å²) < 4.78 is 5.43. The first-order chi connectivity index (χ1) is 8.30. The van der Waals surface area contributed by atoms with Crippen LogP contribution in [0.4, 0.5) is 0 Å². The Labute approximate surface area is 109 Å². The van der Waals surface area contributed by atoms with Crippen LogP contribution in [0.25, 0.3) is 0 Å². The van der Waals surface area contributed by atoms with Crippen molar-refractivity contribution in [2.75, 3.05) is 19.7 Å². The van der Waals surface area contributed by atoms with Crippen LogP contribution in [0.1, 0.15) is 40.5 Å². The van der Waals surface area contributed by atoms with Crippen LogP contribution in [0.15, 0.2) is 0 Å². The summed E-state index contributed by atoms with van der Waals surface area (Å²) in [7, 11) is 0. The fraction of sp³-hybridized carbons (Fsp3) is 0.846. The van der Waals surface area contributed by atoms with Gasteiger partial charge in [0.2, 0.25) is 11.8 Å². The summed E-state index contributed by atoms with van der Waals surface area (Å²) >= 11 is 0. The second-order valence-electron chi connectivity index (χ2n) is 5.72. The van der Waals surface area contributed by atoms with Gasteiger partial charge in [-0.3, -0.25) is 9.59 Å². The Morgan fingerprint density at radius 3 is 2.50 bits per heavy atom. The highest BCUT2D eigenvalue weighted by Gasteiger charge is 2.26. The van der Waals surface area contributed by atoms with Gasteiger partial charge in [0.15, 0.2) is 0 Å². The van der Waals surface area contributed by atoms with E-state index in [1.165, 1.54) is 6.92 Å². The maximum absolute atomic E-state index is 11.8. The average molecular weight is 256 g/mol. The van der Waals surface area contributed by atoms with Crippen molar-refractivity contribution in [3.8, 4) is 0 Å². The maximum Gasteiger partial charge on any atom is 0.239 e. The smallest absolute Gasteiger partial charge is 0.239 e. The molecule has 18 heavy (non-hydrogen) atoms. The van der Waals surface area contributed by atoms with E-state index < -0.39 is 0 Å². The highest BCUT2D eigenvalue weighted by molar-refractivity contribution is 5.84. The van der Waals surface area contributed by atoms with Crippen molar-refractivity contribution >= 4 is 11.8 Å². The molecule has 0 radical (unpaired) electrons. The molecular weight excluding hydrogens is 232 g/mol. The molecular formula is C13H24N2O3. The number of amides is 2. The fourth-order valence-electron chi connectivity index (χ4n) is 2.05. The number of hydrogen-bond donors (Lipinski definition) is 1. The number of hydrogen-bond acceptors (Lipinski definition) is 3. The zero-order chi connectivity index (χ0) is 13.8. The van der Waals surface area contributed by atoms with Crippen LogP contribution >= 0.6 is 0 Å². The second kappa shape index (κ2) is 6.18. The van der Waals surface area contributed by atoms with Crippen molar-refractivity contribution in [1.82, 2.24) is 10.2 Å². The van der Waals surface area contributed by atoms with Gasteiger partial charge in [-0.1, -0.05) is 0 Å². The quantitative estimate of drug-likeness (QED) is 0.814. The predicted molar refractivity (Wildman–Crippen MR) is 69.1 cm³/mol. The van der Waals surface area contributed by atoms with E-state index in [1.807, 2.05) is 20.8 Å². The van der Waals surface area contributed by atoms with Crippen molar-refractivity contribution in [3.63, 3.8) is 0 Å². The van der Waals surface area contributed by atoms with Crippen LogP contribution in [0.5, 0.6) is 0 Å². The van der Waals surface area contributed by atoms with Gasteiger partial charge in [-0.2, -0.15) is 0 Å². The van der Waals surface area contributed by atoms with Gasteiger partial charge in [-0.05, 0) is 33.6 Å². The Morgan fingerprint density at radius 1 is 1.39 bits per heavy atom. The Hall–Kier alpha value is -1.10. The number of carbonyl (C=O) groups excluding carboxylic acids is 2. The largest absolute Gasteiger partial charge is 0.376 e. The summed E-state index contributed by atoms with van der Waals surface area (Å²) in [5.74, 6) is -0.217. The second-order valence-corrected chi connectivity index (χ2v) is 5.72. The molecule has 104 valence electrons. The molecule has 1 rings (SSSR count). The molecule has 1 saturated heterocycles. The van der Waals surface area contributed by atoms with E-state index >= 15 is 0 Å². The molecule has 2 amide bonds. The lowest BCUT2D eigenvalue weighted by atomic mass is 10.1. The lowest BCUT2D eigenvalue weighted by Crippen LogP contribution is -2.50. The highest BCUT2D eigenvalue weighted by Crippen LogP contribution is 2.13. The first-order valence-corrected chi connectivity index (χ1v) is 6.47. The monoisotopic (exact) mass is 256 g/mol. The minimum Gasteiger partial charge on any atom is -0.376 e. The molecule has 0 aliphatic carbocycles. The minimum absolute atomic E-state index is 0.0882. The van der Waals surface area contributed by atoms with Gasteiger partial charge in [0.1, 0.15) is 6.54 Å². The number of nitrogens with zero attached hydrogens (tertiary/aromatic N) is 1. The SMILES string of the molecule is CC(=O)N(CC(=O)NCC1CCCO1)C(C)(C)C. The van der Waals surface area contributed by atoms with E-state index in [2.05, 4.69) is 5.32 Å². The summed E-state index contributed by atoms with van der Waals surface area (Å²) in [5.41, 5.74) is -0.340. The summed E-state index contributed by atoms with van der Waals surface area (Å²) in [6.45, 7) is 8.66. The molecule has 0 aromatic heterocycles. The maximum atomic E-state index is 11.8. The van der Waals surface area contributed by atoms with Gasteiger partial charge in [-0.25, -0.2) is 0 Å². The van der Waals surface area contributed by atoms with E-state index in [1.54, 1.807) is 4.90 Å². The van der Waals surface area contributed by atoms with Crippen LogP contribution in [-0.4, -0.2) is 48.1 Å². The third kappa shape index (κ3) is 4.64. The van der Waals surface area contributed by atoms with Crippen LogP contribution in [0.3, 0.4) is 0 Å². The van der Waals surface area contributed by atoms with Crippen LogP contribution < -0.4 is 5.32 Å². The molecule has 0 saturated carbocycles. The summed E-state index contributed by atoms with van der Waals surface area (Å²) in [4.78, 5) is 24.9. The lowest BCUT2D eigenvalue weighted by molar-refractivity contribution is -0.139. The number of rotatable bonds is 4. The van der Waals surface area contributed by atoms with Gasteiger partial charge in [-0.15, -0.1) is 0 Å². The molecule has 0 aromatic rings. The summed E-state index contributed by atoms with van der Waals surface area (Å²) in [6.07, 6.45) is 2.19. The first-order valence-electron chi connectivity index (χ1n) is 6.47. The molecule has 5 heteroatoms.